The highest BCUT2D eigenvalue weighted by atomic mass is 16.5. The molecule has 1 aromatic carbocycles. The number of ether oxygens (including phenoxy) is 1. The Morgan fingerprint density at radius 2 is 2.18 bits per heavy atom. The third kappa shape index (κ3) is 3.85. The molecule has 0 aromatic heterocycles. The molecule has 1 atom stereocenters. The summed E-state index contributed by atoms with van der Waals surface area (Å²) in [6.07, 6.45) is 0. The Bertz CT molecular complexity index is 510. The molecule has 2 fully saturated rings. The van der Waals surface area contributed by atoms with Crippen LogP contribution in [0, 0.1) is 11.8 Å². The van der Waals surface area contributed by atoms with Gasteiger partial charge in [0.25, 0.3) is 0 Å². The molecule has 22 heavy (non-hydrogen) atoms. The lowest BCUT2D eigenvalue weighted by atomic mass is 9.88. The molecule has 2 N–H and O–H groups in total. The third-order valence-corrected chi connectivity index (χ3v) is 4.64. The molecule has 0 bridgehead atoms. The minimum atomic E-state index is 0.0594. The van der Waals surface area contributed by atoms with Crippen molar-refractivity contribution in [2.24, 2.45) is 11.8 Å². The molecular weight excluding hydrogens is 278 g/mol. The summed E-state index contributed by atoms with van der Waals surface area (Å²) in [5.74, 6) is 0.649. The number of anilines is 1. The number of rotatable bonds is 5. The summed E-state index contributed by atoms with van der Waals surface area (Å²) < 4.78 is 5.37. The predicted molar refractivity (Wildman–Crippen MR) is 86.7 cm³/mol. The molecule has 5 nitrogen and oxygen atoms in total. The molecular formula is C17H25N3O2. The van der Waals surface area contributed by atoms with E-state index in [2.05, 4.69) is 27.7 Å². The van der Waals surface area contributed by atoms with E-state index >= 15 is 0 Å². The van der Waals surface area contributed by atoms with E-state index in [0.717, 1.165) is 51.6 Å². The second kappa shape index (κ2) is 7.22. The van der Waals surface area contributed by atoms with Crippen molar-refractivity contribution < 1.29 is 9.53 Å². The lowest BCUT2D eigenvalue weighted by Crippen LogP contribution is -2.48. The van der Waals surface area contributed by atoms with E-state index in [1.807, 2.05) is 19.1 Å². The SMILES string of the molecule is CC(C(=O)Nc1cccc(CN2CCOCC2)c1)C1CNC1. The van der Waals surface area contributed by atoms with Crippen molar-refractivity contribution in [1.82, 2.24) is 10.2 Å². The largest absolute Gasteiger partial charge is 0.379 e. The number of amides is 1. The summed E-state index contributed by atoms with van der Waals surface area (Å²) in [5, 5.41) is 6.28. The van der Waals surface area contributed by atoms with Crippen molar-refractivity contribution in [3.05, 3.63) is 29.8 Å². The highest BCUT2D eigenvalue weighted by molar-refractivity contribution is 5.92. The number of hydrogen-bond donors (Lipinski definition) is 2. The zero-order valence-electron chi connectivity index (χ0n) is 13.2. The van der Waals surface area contributed by atoms with E-state index in [4.69, 9.17) is 4.74 Å². The first-order chi connectivity index (χ1) is 10.7. The fourth-order valence-corrected chi connectivity index (χ4v) is 2.90. The number of nitrogens with one attached hydrogen (secondary N) is 2. The maximum Gasteiger partial charge on any atom is 0.227 e. The Morgan fingerprint density at radius 3 is 2.86 bits per heavy atom. The molecule has 3 rings (SSSR count). The van der Waals surface area contributed by atoms with Gasteiger partial charge in [0.05, 0.1) is 13.2 Å². The Kier molecular flexibility index (Phi) is 5.08. The van der Waals surface area contributed by atoms with Gasteiger partial charge in [0.1, 0.15) is 0 Å². The molecule has 1 unspecified atom stereocenters. The average molecular weight is 303 g/mol. The Morgan fingerprint density at radius 1 is 1.41 bits per heavy atom. The van der Waals surface area contributed by atoms with E-state index in [1.165, 1.54) is 5.56 Å². The second-order valence-corrected chi connectivity index (χ2v) is 6.29. The molecule has 2 aliphatic heterocycles. The molecule has 5 heteroatoms. The maximum absolute atomic E-state index is 12.3. The van der Waals surface area contributed by atoms with E-state index in [-0.39, 0.29) is 11.8 Å². The molecule has 2 heterocycles. The van der Waals surface area contributed by atoms with Crippen molar-refractivity contribution in [2.75, 3.05) is 44.7 Å². The Labute approximate surface area is 132 Å². The van der Waals surface area contributed by atoms with Crippen molar-refractivity contribution >= 4 is 11.6 Å². The first kappa shape index (κ1) is 15.5. The minimum absolute atomic E-state index is 0.0594. The molecule has 1 aromatic rings. The molecule has 0 spiro atoms. The van der Waals surface area contributed by atoms with Gasteiger partial charge in [0.2, 0.25) is 5.91 Å². The van der Waals surface area contributed by atoms with Gasteiger partial charge >= 0.3 is 0 Å². The van der Waals surface area contributed by atoms with E-state index in [9.17, 15) is 4.79 Å². The lowest BCUT2D eigenvalue weighted by Gasteiger charge is -2.31. The minimum Gasteiger partial charge on any atom is -0.379 e. The zero-order chi connectivity index (χ0) is 15.4. The van der Waals surface area contributed by atoms with Gasteiger partial charge in [-0.2, -0.15) is 0 Å². The summed E-state index contributed by atoms with van der Waals surface area (Å²) in [7, 11) is 0. The molecule has 2 aliphatic rings. The van der Waals surface area contributed by atoms with Crippen LogP contribution in [0.15, 0.2) is 24.3 Å². The maximum atomic E-state index is 12.3. The van der Waals surface area contributed by atoms with Gasteiger partial charge < -0.3 is 15.4 Å². The number of hydrogen-bond acceptors (Lipinski definition) is 4. The Balaban J connectivity index is 1.57. The van der Waals surface area contributed by atoms with Crippen LogP contribution in [0.4, 0.5) is 5.69 Å². The summed E-state index contributed by atoms with van der Waals surface area (Å²) in [4.78, 5) is 14.7. The van der Waals surface area contributed by atoms with Crippen LogP contribution in [0.2, 0.25) is 0 Å². The second-order valence-electron chi connectivity index (χ2n) is 6.29. The van der Waals surface area contributed by atoms with Gasteiger partial charge in [-0.15, -0.1) is 0 Å². The monoisotopic (exact) mass is 303 g/mol. The third-order valence-electron chi connectivity index (χ3n) is 4.64. The van der Waals surface area contributed by atoms with Crippen LogP contribution < -0.4 is 10.6 Å². The van der Waals surface area contributed by atoms with Crippen molar-refractivity contribution in [3.63, 3.8) is 0 Å². The van der Waals surface area contributed by atoms with Crippen LogP contribution >= 0.6 is 0 Å². The first-order valence-corrected chi connectivity index (χ1v) is 8.13. The van der Waals surface area contributed by atoms with Gasteiger partial charge in [0.15, 0.2) is 0 Å². The van der Waals surface area contributed by atoms with Crippen molar-refractivity contribution in [3.8, 4) is 0 Å². The first-order valence-electron chi connectivity index (χ1n) is 8.13. The zero-order valence-corrected chi connectivity index (χ0v) is 13.2. The van der Waals surface area contributed by atoms with Crippen LogP contribution in [-0.4, -0.2) is 50.2 Å². The van der Waals surface area contributed by atoms with E-state index < -0.39 is 0 Å². The van der Waals surface area contributed by atoms with Crippen LogP contribution in [0.25, 0.3) is 0 Å². The van der Waals surface area contributed by atoms with Crippen molar-refractivity contribution in [1.29, 1.82) is 0 Å². The fraction of sp³-hybridized carbons (Fsp3) is 0.588. The molecule has 2 saturated heterocycles. The summed E-state index contributed by atoms with van der Waals surface area (Å²) in [5.41, 5.74) is 2.13. The number of benzene rings is 1. The number of nitrogens with zero attached hydrogens (tertiary/aromatic N) is 1. The summed E-state index contributed by atoms with van der Waals surface area (Å²) in [6.45, 7) is 8.39. The van der Waals surface area contributed by atoms with Gasteiger partial charge in [0, 0.05) is 31.2 Å². The molecule has 0 radical (unpaired) electrons. The Hall–Kier alpha value is -1.43. The van der Waals surface area contributed by atoms with Gasteiger partial charge in [-0.3, -0.25) is 9.69 Å². The highest BCUT2D eigenvalue weighted by Crippen LogP contribution is 2.19. The van der Waals surface area contributed by atoms with Crippen LogP contribution in [0.1, 0.15) is 12.5 Å². The molecule has 120 valence electrons. The van der Waals surface area contributed by atoms with Gasteiger partial charge in [-0.05, 0) is 36.7 Å². The van der Waals surface area contributed by atoms with Crippen LogP contribution in [-0.2, 0) is 16.1 Å². The standard InChI is InChI=1S/C17H25N3O2/c1-13(15-10-18-11-15)17(21)19-16-4-2-3-14(9-16)12-20-5-7-22-8-6-20/h2-4,9,13,15,18H,5-8,10-12H2,1H3,(H,19,21). The number of morpholine rings is 1. The number of carbonyl (C=O) groups is 1. The molecule has 0 saturated carbocycles. The summed E-state index contributed by atoms with van der Waals surface area (Å²) >= 11 is 0. The molecule has 1 amide bonds. The number of carbonyl (C=O) groups excluding carboxylic acids is 1. The lowest BCUT2D eigenvalue weighted by molar-refractivity contribution is -0.121. The topological polar surface area (TPSA) is 53.6 Å². The van der Waals surface area contributed by atoms with E-state index in [0.29, 0.717) is 5.92 Å². The van der Waals surface area contributed by atoms with Gasteiger partial charge in [-0.1, -0.05) is 19.1 Å². The normalized spacial score (nSPS) is 21.1. The average Bonchev–Trinajstić information content (AvgIpc) is 2.47. The van der Waals surface area contributed by atoms with Gasteiger partial charge in [-0.25, -0.2) is 0 Å². The predicted octanol–water partition coefficient (Wildman–Crippen LogP) is 1.31. The smallest absolute Gasteiger partial charge is 0.227 e. The van der Waals surface area contributed by atoms with Crippen LogP contribution in [0.3, 0.4) is 0 Å². The highest BCUT2D eigenvalue weighted by Gasteiger charge is 2.28. The van der Waals surface area contributed by atoms with E-state index in [1.54, 1.807) is 0 Å². The molecule has 0 aliphatic carbocycles. The summed E-state index contributed by atoms with van der Waals surface area (Å²) in [6, 6.07) is 8.18. The van der Waals surface area contributed by atoms with Crippen LogP contribution in [0.5, 0.6) is 0 Å². The fourth-order valence-electron chi connectivity index (χ4n) is 2.90. The van der Waals surface area contributed by atoms with Crippen molar-refractivity contribution in [2.45, 2.75) is 13.5 Å². The quantitative estimate of drug-likeness (QED) is 0.861.